The molecule has 1 atom stereocenters. The molecule has 1 aliphatic rings. The lowest BCUT2D eigenvalue weighted by atomic mass is 10.0. The van der Waals surface area contributed by atoms with E-state index in [4.69, 9.17) is 4.74 Å². The normalized spacial score (nSPS) is 19.2. The topological polar surface area (TPSA) is 54.5 Å². The molecule has 2 heterocycles. The first-order chi connectivity index (χ1) is 9.96. The summed E-state index contributed by atoms with van der Waals surface area (Å²) < 4.78 is 5.50. The maximum absolute atomic E-state index is 12.3. The number of hydrogen-bond acceptors (Lipinski definition) is 4. The van der Waals surface area contributed by atoms with Crippen molar-refractivity contribution in [3.05, 3.63) is 24.4 Å². The van der Waals surface area contributed by atoms with E-state index in [-0.39, 0.29) is 12.1 Å². The highest BCUT2D eigenvalue weighted by Crippen LogP contribution is 2.20. The molecular weight excluding hydrogens is 266 g/mol. The molecule has 5 heteroatoms. The first-order valence-corrected chi connectivity index (χ1v) is 7.60. The first-order valence-electron chi connectivity index (χ1n) is 7.60. The van der Waals surface area contributed by atoms with E-state index in [2.05, 4.69) is 10.3 Å². The van der Waals surface area contributed by atoms with Gasteiger partial charge < -0.3 is 15.0 Å². The minimum atomic E-state index is -0.451. The van der Waals surface area contributed by atoms with Gasteiger partial charge in [-0.2, -0.15) is 0 Å². The van der Waals surface area contributed by atoms with Crippen molar-refractivity contribution < 1.29 is 9.53 Å². The van der Waals surface area contributed by atoms with Gasteiger partial charge in [-0.05, 0) is 52.2 Å². The minimum absolute atomic E-state index is 0.163. The average molecular weight is 291 g/mol. The second kappa shape index (κ2) is 6.78. The van der Waals surface area contributed by atoms with Gasteiger partial charge in [0, 0.05) is 19.3 Å². The fourth-order valence-electron chi connectivity index (χ4n) is 2.46. The van der Waals surface area contributed by atoms with Crippen LogP contribution in [0.15, 0.2) is 24.4 Å². The number of ether oxygens (including phenoxy) is 1. The first kappa shape index (κ1) is 15.6. The highest BCUT2D eigenvalue weighted by Gasteiger charge is 2.30. The van der Waals surface area contributed by atoms with Gasteiger partial charge >= 0.3 is 6.09 Å². The number of anilines is 1. The molecule has 1 fully saturated rings. The van der Waals surface area contributed by atoms with Gasteiger partial charge in [0.1, 0.15) is 11.4 Å². The number of aromatic nitrogens is 1. The number of hydrogen-bond donors (Lipinski definition) is 1. The van der Waals surface area contributed by atoms with Crippen LogP contribution in [-0.2, 0) is 4.74 Å². The molecule has 2 rings (SSSR count). The van der Waals surface area contributed by atoms with E-state index in [1.165, 1.54) is 0 Å². The van der Waals surface area contributed by atoms with Crippen LogP contribution in [0.25, 0.3) is 0 Å². The summed E-state index contributed by atoms with van der Waals surface area (Å²) in [5, 5.41) is 3.30. The number of likely N-dealkylation sites (tertiary alicyclic amines) is 1. The zero-order valence-electron chi connectivity index (χ0n) is 13.1. The molecule has 1 N–H and O–H groups in total. The van der Waals surface area contributed by atoms with E-state index in [9.17, 15) is 4.79 Å². The van der Waals surface area contributed by atoms with Crippen molar-refractivity contribution >= 4 is 11.9 Å². The average Bonchev–Trinajstić information content (AvgIpc) is 2.45. The fraction of sp³-hybridized carbons (Fsp3) is 0.625. The summed E-state index contributed by atoms with van der Waals surface area (Å²) in [6, 6.07) is 5.93. The van der Waals surface area contributed by atoms with Crippen LogP contribution in [0.1, 0.15) is 40.0 Å². The third kappa shape index (κ3) is 4.92. The van der Waals surface area contributed by atoms with Crippen LogP contribution >= 0.6 is 0 Å². The highest BCUT2D eigenvalue weighted by molar-refractivity contribution is 5.68. The van der Waals surface area contributed by atoms with E-state index in [1.54, 1.807) is 6.20 Å². The Hall–Kier alpha value is -1.78. The molecule has 0 unspecified atom stereocenters. The smallest absolute Gasteiger partial charge is 0.410 e. The van der Waals surface area contributed by atoms with E-state index in [0.717, 1.165) is 31.6 Å². The summed E-state index contributed by atoms with van der Waals surface area (Å²) in [5.41, 5.74) is -0.451. The van der Waals surface area contributed by atoms with Crippen molar-refractivity contribution in [3.8, 4) is 0 Å². The molecule has 5 nitrogen and oxygen atoms in total. The number of carbonyl (C=O) groups is 1. The predicted octanol–water partition coefficient (Wildman–Crippen LogP) is 3.28. The zero-order valence-corrected chi connectivity index (χ0v) is 13.1. The molecule has 0 aromatic carbocycles. The van der Waals surface area contributed by atoms with Crippen LogP contribution in [0.4, 0.5) is 10.6 Å². The van der Waals surface area contributed by atoms with Gasteiger partial charge in [0.05, 0.1) is 6.04 Å². The Kier molecular flexibility index (Phi) is 5.04. The monoisotopic (exact) mass is 291 g/mol. The third-order valence-electron chi connectivity index (χ3n) is 3.44. The van der Waals surface area contributed by atoms with E-state index in [0.29, 0.717) is 6.54 Å². The van der Waals surface area contributed by atoms with Crippen molar-refractivity contribution in [1.29, 1.82) is 0 Å². The molecule has 1 aromatic heterocycles. The predicted molar refractivity (Wildman–Crippen MR) is 83.3 cm³/mol. The molecule has 0 radical (unpaired) electrons. The summed E-state index contributed by atoms with van der Waals surface area (Å²) in [6.07, 6.45) is 4.73. The van der Waals surface area contributed by atoms with Crippen LogP contribution in [0.2, 0.25) is 0 Å². The van der Waals surface area contributed by atoms with Gasteiger partial charge in [0.2, 0.25) is 0 Å². The summed E-state index contributed by atoms with van der Waals surface area (Å²) in [5.74, 6) is 0.840. The van der Waals surface area contributed by atoms with Gasteiger partial charge in [-0.3, -0.25) is 0 Å². The van der Waals surface area contributed by atoms with Crippen LogP contribution in [0.3, 0.4) is 0 Å². The number of amides is 1. The largest absolute Gasteiger partial charge is 0.444 e. The zero-order chi connectivity index (χ0) is 15.3. The van der Waals surface area contributed by atoms with Gasteiger partial charge in [0.15, 0.2) is 0 Å². The number of nitrogens with one attached hydrogen (secondary N) is 1. The fourth-order valence-corrected chi connectivity index (χ4v) is 2.46. The number of piperidine rings is 1. The Bertz CT molecular complexity index is 456. The molecule has 116 valence electrons. The summed E-state index contributed by atoms with van der Waals surface area (Å²) in [4.78, 5) is 18.4. The van der Waals surface area contributed by atoms with Gasteiger partial charge in [0.25, 0.3) is 0 Å². The molecule has 0 aliphatic carbocycles. The molecule has 1 aromatic rings. The lowest BCUT2D eigenvalue weighted by Gasteiger charge is -2.36. The summed E-state index contributed by atoms with van der Waals surface area (Å²) >= 11 is 0. The summed E-state index contributed by atoms with van der Waals surface area (Å²) in [7, 11) is 0. The quantitative estimate of drug-likeness (QED) is 0.928. The van der Waals surface area contributed by atoms with Crippen LogP contribution < -0.4 is 5.32 Å². The molecular formula is C16H25N3O2. The molecule has 0 spiro atoms. The van der Waals surface area contributed by atoms with Gasteiger partial charge in [-0.25, -0.2) is 9.78 Å². The van der Waals surface area contributed by atoms with Crippen molar-refractivity contribution in [2.75, 3.05) is 18.4 Å². The Morgan fingerprint density at radius 3 is 2.90 bits per heavy atom. The van der Waals surface area contributed by atoms with E-state index < -0.39 is 5.60 Å². The molecule has 1 aliphatic heterocycles. The van der Waals surface area contributed by atoms with Crippen LogP contribution in [-0.4, -0.2) is 40.7 Å². The highest BCUT2D eigenvalue weighted by atomic mass is 16.6. The minimum Gasteiger partial charge on any atom is -0.444 e. The maximum Gasteiger partial charge on any atom is 0.410 e. The maximum atomic E-state index is 12.3. The Labute approximate surface area is 126 Å². The Balaban J connectivity index is 1.94. The van der Waals surface area contributed by atoms with Crippen molar-refractivity contribution in [2.45, 2.75) is 51.7 Å². The molecule has 21 heavy (non-hydrogen) atoms. The lowest BCUT2D eigenvalue weighted by molar-refractivity contribution is 0.0114. The van der Waals surface area contributed by atoms with Crippen LogP contribution in [0.5, 0.6) is 0 Å². The van der Waals surface area contributed by atoms with Gasteiger partial charge in [-0.1, -0.05) is 6.07 Å². The van der Waals surface area contributed by atoms with Crippen molar-refractivity contribution in [2.24, 2.45) is 0 Å². The second-order valence-corrected chi connectivity index (χ2v) is 6.42. The van der Waals surface area contributed by atoms with E-state index >= 15 is 0 Å². The number of rotatable bonds is 3. The standard InChI is InChI=1S/C16H25N3O2/c1-16(2,3)21-15(20)19-11-7-5-8-13(19)12-18-14-9-4-6-10-17-14/h4,6,9-10,13H,5,7-8,11-12H2,1-3H3,(H,17,18)/t13-/m1/s1. The molecule has 1 saturated heterocycles. The number of pyridine rings is 1. The Morgan fingerprint density at radius 1 is 1.43 bits per heavy atom. The van der Waals surface area contributed by atoms with Crippen LogP contribution in [0, 0.1) is 0 Å². The SMILES string of the molecule is CC(C)(C)OC(=O)N1CCCC[C@@H]1CNc1ccccn1. The summed E-state index contributed by atoms with van der Waals surface area (Å²) in [6.45, 7) is 7.17. The number of nitrogens with zero attached hydrogens (tertiary/aromatic N) is 2. The molecule has 1 amide bonds. The lowest BCUT2D eigenvalue weighted by Crippen LogP contribution is -2.48. The van der Waals surface area contributed by atoms with Crippen molar-refractivity contribution in [3.63, 3.8) is 0 Å². The van der Waals surface area contributed by atoms with Crippen molar-refractivity contribution in [1.82, 2.24) is 9.88 Å². The van der Waals surface area contributed by atoms with Gasteiger partial charge in [-0.15, -0.1) is 0 Å². The number of carbonyl (C=O) groups excluding carboxylic acids is 1. The molecule has 0 bridgehead atoms. The Morgan fingerprint density at radius 2 is 2.24 bits per heavy atom. The molecule has 0 saturated carbocycles. The van der Waals surface area contributed by atoms with E-state index in [1.807, 2.05) is 43.9 Å². The third-order valence-corrected chi connectivity index (χ3v) is 3.44. The second-order valence-electron chi connectivity index (χ2n) is 6.42.